The van der Waals surface area contributed by atoms with Gasteiger partial charge in [-0.25, -0.2) is 4.79 Å². The van der Waals surface area contributed by atoms with E-state index in [1.54, 1.807) is 13.0 Å². The van der Waals surface area contributed by atoms with Gasteiger partial charge in [-0.05, 0) is 19.3 Å². The van der Waals surface area contributed by atoms with Crippen molar-refractivity contribution >= 4 is 5.97 Å². The second-order valence-electron chi connectivity index (χ2n) is 5.85. The third-order valence-electron chi connectivity index (χ3n) is 3.38. The van der Waals surface area contributed by atoms with Crippen molar-refractivity contribution in [2.75, 3.05) is 6.61 Å². The lowest BCUT2D eigenvalue weighted by Crippen LogP contribution is -2.24. The first kappa shape index (κ1) is 17.2. The summed E-state index contributed by atoms with van der Waals surface area (Å²) in [6.45, 7) is 6.52. The molecule has 1 heterocycles. The van der Waals surface area contributed by atoms with Gasteiger partial charge >= 0.3 is 5.97 Å². The van der Waals surface area contributed by atoms with E-state index in [-0.39, 0.29) is 6.61 Å². The number of rotatable bonds is 8. The molecular weight excluding hydrogens is 294 g/mol. The number of carbonyl (C=O) groups is 1. The first-order chi connectivity index (χ1) is 11.1. The van der Waals surface area contributed by atoms with Gasteiger partial charge in [0.2, 0.25) is 0 Å². The quantitative estimate of drug-likeness (QED) is 0.692. The zero-order valence-corrected chi connectivity index (χ0v) is 13.8. The Bertz CT molecular complexity index is 606. The lowest BCUT2D eigenvalue weighted by atomic mass is 10.1. The van der Waals surface area contributed by atoms with Gasteiger partial charge < -0.3 is 14.0 Å². The maximum absolute atomic E-state index is 11.9. The summed E-state index contributed by atoms with van der Waals surface area (Å²) in [5.74, 6) is 0.654. The Morgan fingerprint density at radius 3 is 2.65 bits per heavy atom. The summed E-state index contributed by atoms with van der Waals surface area (Å²) in [6, 6.07) is 11.5. The summed E-state index contributed by atoms with van der Waals surface area (Å²) in [6.07, 6.45) is 0.338. The summed E-state index contributed by atoms with van der Waals surface area (Å²) >= 11 is 0. The predicted octanol–water partition coefficient (Wildman–Crippen LogP) is 3.84. The van der Waals surface area contributed by atoms with Crippen LogP contribution in [0.5, 0.6) is 0 Å². The maximum Gasteiger partial charge on any atom is 0.335 e. The molecule has 0 radical (unpaired) electrons. The van der Waals surface area contributed by atoms with Crippen molar-refractivity contribution in [1.29, 1.82) is 0 Å². The molecule has 0 amide bonds. The molecule has 0 saturated heterocycles. The smallest absolute Gasteiger partial charge is 0.335 e. The van der Waals surface area contributed by atoms with Crippen LogP contribution in [0.4, 0.5) is 0 Å². The Hall–Kier alpha value is -2.14. The highest BCUT2D eigenvalue weighted by molar-refractivity contribution is 5.74. The number of esters is 1. The van der Waals surface area contributed by atoms with Crippen LogP contribution in [0.25, 0.3) is 11.3 Å². The molecule has 0 aliphatic heterocycles. The van der Waals surface area contributed by atoms with Crippen molar-refractivity contribution in [3.05, 3.63) is 42.2 Å². The standard InChI is InChI=1S/C18H23NO4/c1-13(2)9-10-21-14(3)18(20)22-12-16-11-17(19-23-16)15-7-5-4-6-8-15/h4-8,11,13-14H,9-10,12H2,1-3H3. The van der Waals surface area contributed by atoms with Gasteiger partial charge in [0.25, 0.3) is 0 Å². The summed E-state index contributed by atoms with van der Waals surface area (Å²) in [5, 5.41) is 3.98. The molecule has 0 N–H and O–H groups in total. The molecule has 5 nitrogen and oxygen atoms in total. The fraction of sp³-hybridized carbons (Fsp3) is 0.444. The van der Waals surface area contributed by atoms with Gasteiger partial charge in [-0.3, -0.25) is 0 Å². The highest BCUT2D eigenvalue weighted by atomic mass is 16.6. The summed E-state index contributed by atoms with van der Waals surface area (Å²) in [5.41, 5.74) is 1.68. The number of hydrogen-bond donors (Lipinski definition) is 0. The Morgan fingerprint density at radius 1 is 1.22 bits per heavy atom. The third-order valence-corrected chi connectivity index (χ3v) is 3.38. The highest BCUT2D eigenvalue weighted by Crippen LogP contribution is 2.19. The van der Waals surface area contributed by atoms with E-state index in [0.29, 0.717) is 18.3 Å². The molecule has 23 heavy (non-hydrogen) atoms. The number of benzene rings is 1. The third kappa shape index (κ3) is 5.53. The van der Waals surface area contributed by atoms with E-state index in [1.807, 2.05) is 30.3 Å². The SMILES string of the molecule is CC(C)CCOC(C)C(=O)OCc1cc(-c2ccccc2)no1. The molecule has 0 bridgehead atoms. The van der Waals surface area contributed by atoms with Crippen LogP contribution in [0.1, 0.15) is 33.0 Å². The minimum atomic E-state index is -0.578. The Balaban J connectivity index is 1.79. The molecule has 0 spiro atoms. The van der Waals surface area contributed by atoms with E-state index in [2.05, 4.69) is 19.0 Å². The van der Waals surface area contributed by atoms with E-state index >= 15 is 0 Å². The summed E-state index contributed by atoms with van der Waals surface area (Å²) < 4.78 is 15.8. The molecular formula is C18H23NO4. The molecule has 1 aromatic carbocycles. The lowest BCUT2D eigenvalue weighted by molar-refractivity contribution is -0.158. The molecule has 2 rings (SSSR count). The molecule has 1 atom stereocenters. The van der Waals surface area contributed by atoms with E-state index in [4.69, 9.17) is 14.0 Å². The molecule has 0 aliphatic rings. The van der Waals surface area contributed by atoms with Gasteiger partial charge in [-0.1, -0.05) is 49.3 Å². The van der Waals surface area contributed by atoms with E-state index < -0.39 is 12.1 Å². The zero-order valence-electron chi connectivity index (χ0n) is 13.8. The number of nitrogens with zero attached hydrogens (tertiary/aromatic N) is 1. The number of ether oxygens (including phenoxy) is 2. The number of aromatic nitrogens is 1. The van der Waals surface area contributed by atoms with E-state index in [9.17, 15) is 4.79 Å². The first-order valence-electron chi connectivity index (χ1n) is 7.85. The first-order valence-corrected chi connectivity index (χ1v) is 7.85. The largest absolute Gasteiger partial charge is 0.455 e. The van der Waals surface area contributed by atoms with Crippen LogP contribution in [0, 0.1) is 5.92 Å². The van der Waals surface area contributed by atoms with Crippen LogP contribution in [0.15, 0.2) is 40.9 Å². The molecule has 124 valence electrons. The molecule has 0 aliphatic carbocycles. The van der Waals surface area contributed by atoms with Crippen molar-refractivity contribution < 1.29 is 18.8 Å². The number of carbonyl (C=O) groups excluding carboxylic acids is 1. The normalized spacial score (nSPS) is 12.3. The van der Waals surface area contributed by atoms with Crippen LogP contribution in [0.2, 0.25) is 0 Å². The fourth-order valence-corrected chi connectivity index (χ4v) is 1.93. The minimum absolute atomic E-state index is 0.0521. The van der Waals surface area contributed by atoms with E-state index in [0.717, 1.165) is 17.7 Å². The molecule has 0 saturated carbocycles. The van der Waals surface area contributed by atoms with E-state index in [1.165, 1.54) is 0 Å². The Labute approximate surface area is 136 Å². The molecule has 2 aromatic rings. The Kier molecular flexibility index (Phi) is 6.35. The zero-order chi connectivity index (χ0) is 16.7. The van der Waals surface area contributed by atoms with Crippen LogP contribution >= 0.6 is 0 Å². The fourth-order valence-electron chi connectivity index (χ4n) is 1.93. The molecule has 5 heteroatoms. The van der Waals surface area contributed by atoms with Gasteiger partial charge in [-0.15, -0.1) is 0 Å². The van der Waals surface area contributed by atoms with Crippen LogP contribution in [-0.4, -0.2) is 23.8 Å². The topological polar surface area (TPSA) is 61.6 Å². The van der Waals surface area contributed by atoms with Crippen molar-refractivity contribution in [3.63, 3.8) is 0 Å². The van der Waals surface area contributed by atoms with Crippen LogP contribution < -0.4 is 0 Å². The highest BCUT2D eigenvalue weighted by Gasteiger charge is 2.16. The predicted molar refractivity (Wildman–Crippen MR) is 86.6 cm³/mol. The average Bonchev–Trinajstić information content (AvgIpc) is 3.02. The van der Waals surface area contributed by atoms with Crippen molar-refractivity contribution in [1.82, 2.24) is 5.16 Å². The second-order valence-corrected chi connectivity index (χ2v) is 5.85. The summed E-state index contributed by atoms with van der Waals surface area (Å²) in [4.78, 5) is 11.9. The van der Waals surface area contributed by atoms with Gasteiger partial charge in [0.05, 0.1) is 0 Å². The van der Waals surface area contributed by atoms with Gasteiger partial charge in [-0.2, -0.15) is 0 Å². The van der Waals surface area contributed by atoms with Gasteiger partial charge in [0.15, 0.2) is 18.5 Å². The molecule has 1 aromatic heterocycles. The summed E-state index contributed by atoms with van der Waals surface area (Å²) in [7, 11) is 0. The minimum Gasteiger partial charge on any atom is -0.455 e. The van der Waals surface area contributed by atoms with Crippen molar-refractivity contribution in [2.24, 2.45) is 5.92 Å². The van der Waals surface area contributed by atoms with Gasteiger partial charge in [0, 0.05) is 18.2 Å². The van der Waals surface area contributed by atoms with Crippen LogP contribution in [0.3, 0.4) is 0 Å². The number of hydrogen-bond acceptors (Lipinski definition) is 5. The van der Waals surface area contributed by atoms with Crippen LogP contribution in [-0.2, 0) is 20.9 Å². The monoisotopic (exact) mass is 317 g/mol. The second kappa shape index (κ2) is 8.48. The average molecular weight is 317 g/mol. The molecule has 1 unspecified atom stereocenters. The van der Waals surface area contributed by atoms with Gasteiger partial charge in [0.1, 0.15) is 5.69 Å². The van der Waals surface area contributed by atoms with Crippen molar-refractivity contribution in [3.8, 4) is 11.3 Å². The van der Waals surface area contributed by atoms with Crippen molar-refractivity contribution in [2.45, 2.75) is 39.9 Å². The molecule has 0 fully saturated rings. The lowest BCUT2D eigenvalue weighted by Gasteiger charge is -2.12. The maximum atomic E-state index is 11.9. The Morgan fingerprint density at radius 2 is 1.96 bits per heavy atom.